The van der Waals surface area contributed by atoms with Crippen LogP contribution in [0.15, 0.2) is 27.6 Å². The lowest BCUT2D eigenvalue weighted by Gasteiger charge is -2.07. The van der Waals surface area contributed by atoms with Gasteiger partial charge >= 0.3 is 0 Å². The van der Waals surface area contributed by atoms with E-state index in [0.29, 0.717) is 5.25 Å². The SMILES string of the molecule is CC(C)Sc1ccc(N)cc1Br. The topological polar surface area (TPSA) is 26.0 Å². The van der Waals surface area contributed by atoms with Crippen molar-refractivity contribution in [2.24, 2.45) is 0 Å². The molecule has 0 heterocycles. The summed E-state index contributed by atoms with van der Waals surface area (Å²) >= 11 is 5.31. The highest BCUT2D eigenvalue weighted by Crippen LogP contribution is 2.31. The molecule has 0 saturated heterocycles. The van der Waals surface area contributed by atoms with Crippen molar-refractivity contribution >= 4 is 33.4 Å². The number of benzene rings is 1. The highest BCUT2D eigenvalue weighted by atomic mass is 79.9. The maximum atomic E-state index is 5.62. The summed E-state index contributed by atoms with van der Waals surface area (Å²) in [6, 6.07) is 5.91. The van der Waals surface area contributed by atoms with Crippen molar-refractivity contribution in [1.29, 1.82) is 0 Å². The van der Waals surface area contributed by atoms with Crippen LogP contribution in [-0.4, -0.2) is 5.25 Å². The first kappa shape index (κ1) is 9.93. The Hall–Kier alpha value is -0.150. The van der Waals surface area contributed by atoms with Gasteiger partial charge in [-0.25, -0.2) is 0 Å². The van der Waals surface area contributed by atoms with Crippen molar-refractivity contribution in [2.75, 3.05) is 5.73 Å². The van der Waals surface area contributed by atoms with Crippen LogP contribution in [0.5, 0.6) is 0 Å². The van der Waals surface area contributed by atoms with Crippen molar-refractivity contribution < 1.29 is 0 Å². The molecule has 0 spiro atoms. The van der Waals surface area contributed by atoms with Gasteiger partial charge in [-0.3, -0.25) is 0 Å². The van der Waals surface area contributed by atoms with Gasteiger partial charge < -0.3 is 5.73 Å². The van der Waals surface area contributed by atoms with E-state index in [9.17, 15) is 0 Å². The zero-order valence-corrected chi connectivity index (χ0v) is 9.58. The second-order valence-corrected chi connectivity index (χ2v) is 5.33. The number of rotatable bonds is 2. The van der Waals surface area contributed by atoms with E-state index in [-0.39, 0.29) is 0 Å². The Kier molecular flexibility index (Phi) is 3.47. The first-order valence-electron chi connectivity index (χ1n) is 3.81. The molecular weight excluding hydrogens is 234 g/mol. The van der Waals surface area contributed by atoms with Crippen molar-refractivity contribution in [3.05, 3.63) is 22.7 Å². The van der Waals surface area contributed by atoms with Crippen molar-refractivity contribution in [1.82, 2.24) is 0 Å². The molecule has 3 heteroatoms. The number of hydrogen-bond acceptors (Lipinski definition) is 2. The molecule has 0 fully saturated rings. The monoisotopic (exact) mass is 245 g/mol. The zero-order chi connectivity index (χ0) is 9.14. The lowest BCUT2D eigenvalue weighted by molar-refractivity contribution is 1.11. The fourth-order valence-electron chi connectivity index (χ4n) is 0.867. The van der Waals surface area contributed by atoms with Gasteiger partial charge in [-0.05, 0) is 34.1 Å². The molecule has 0 aliphatic carbocycles. The number of halogens is 1. The van der Waals surface area contributed by atoms with Gasteiger partial charge in [-0.1, -0.05) is 13.8 Å². The van der Waals surface area contributed by atoms with Gasteiger partial charge in [0.2, 0.25) is 0 Å². The van der Waals surface area contributed by atoms with Crippen LogP contribution in [0, 0.1) is 0 Å². The Morgan fingerprint density at radius 2 is 2.08 bits per heavy atom. The number of nitrogen functional groups attached to an aromatic ring is 1. The molecule has 0 aliphatic heterocycles. The molecular formula is C9H12BrNS. The Morgan fingerprint density at radius 3 is 2.58 bits per heavy atom. The predicted octanol–water partition coefficient (Wildman–Crippen LogP) is 3.53. The molecule has 0 unspecified atom stereocenters. The molecule has 1 nitrogen and oxygen atoms in total. The van der Waals surface area contributed by atoms with E-state index >= 15 is 0 Å². The van der Waals surface area contributed by atoms with E-state index in [0.717, 1.165) is 10.2 Å². The van der Waals surface area contributed by atoms with E-state index in [1.807, 2.05) is 30.0 Å². The van der Waals surface area contributed by atoms with Crippen molar-refractivity contribution in [3.63, 3.8) is 0 Å². The first-order chi connectivity index (χ1) is 5.59. The smallest absolute Gasteiger partial charge is 0.0331 e. The molecule has 0 aliphatic rings. The molecule has 12 heavy (non-hydrogen) atoms. The number of nitrogens with two attached hydrogens (primary N) is 1. The standard InChI is InChI=1S/C9H12BrNS/c1-6(2)12-9-4-3-7(11)5-8(9)10/h3-6H,11H2,1-2H3. The molecule has 66 valence electrons. The maximum absolute atomic E-state index is 5.62. The first-order valence-corrected chi connectivity index (χ1v) is 5.48. The molecule has 0 amide bonds. The van der Waals surface area contributed by atoms with Crippen molar-refractivity contribution in [3.8, 4) is 0 Å². The molecule has 1 aromatic carbocycles. The largest absolute Gasteiger partial charge is 0.399 e. The van der Waals surface area contributed by atoms with E-state index in [2.05, 4.69) is 29.8 Å². The molecule has 2 N–H and O–H groups in total. The Balaban J connectivity index is 2.86. The molecule has 0 aromatic heterocycles. The Morgan fingerprint density at radius 1 is 1.42 bits per heavy atom. The van der Waals surface area contributed by atoms with Gasteiger partial charge in [-0.15, -0.1) is 11.8 Å². The highest BCUT2D eigenvalue weighted by Gasteiger charge is 2.02. The van der Waals surface area contributed by atoms with Crippen LogP contribution in [-0.2, 0) is 0 Å². The third-order valence-corrected chi connectivity index (χ3v) is 3.32. The van der Waals surface area contributed by atoms with Crippen LogP contribution in [0.25, 0.3) is 0 Å². The van der Waals surface area contributed by atoms with E-state index in [4.69, 9.17) is 5.73 Å². The average molecular weight is 246 g/mol. The fourth-order valence-corrected chi connectivity index (χ4v) is 2.37. The normalized spacial score (nSPS) is 10.7. The minimum atomic E-state index is 0.602. The maximum Gasteiger partial charge on any atom is 0.0331 e. The van der Waals surface area contributed by atoms with Crippen LogP contribution in [0.2, 0.25) is 0 Å². The summed E-state index contributed by atoms with van der Waals surface area (Å²) in [5, 5.41) is 0.602. The van der Waals surface area contributed by atoms with Gasteiger partial charge in [0, 0.05) is 20.3 Å². The summed E-state index contributed by atoms with van der Waals surface area (Å²) in [6.45, 7) is 4.35. The summed E-state index contributed by atoms with van der Waals surface area (Å²) in [4.78, 5) is 1.25. The number of hydrogen-bond donors (Lipinski definition) is 1. The highest BCUT2D eigenvalue weighted by molar-refractivity contribution is 9.10. The van der Waals surface area contributed by atoms with Gasteiger partial charge in [0.1, 0.15) is 0 Å². The molecule has 0 atom stereocenters. The summed E-state index contributed by atoms with van der Waals surface area (Å²) < 4.78 is 1.08. The molecule has 0 bridgehead atoms. The van der Waals surface area contributed by atoms with Crippen LogP contribution >= 0.6 is 27.7 Å². The summed E-state index contributed by atoms with van der Waals surface area (Å²) in [6.07, 6.45) is 0. The summed E-state index contributed by atoms with van der Waals surface area (Å²) in [7, 11) is 0. The molecule has 0 saturated carbocycles. The van der Waals surface area contributed by atoms with Gasteiger partial charge in [0.25, 0.3) is 0 Å². The van der Waals surface area contributed by atoms with E-state index in [1.54, 1.807) is 0 Å². The average Bonchev–Trinajstić information content (AvgIpc) is 1.94. The van der Waals surface area contributed by atoms with Gasteiger partial charge in [-0.2, -0.15) is 0 Å². The zero-order valence-electron chi connectivity index (χ0n) is 7.17. The third-order valence-electron chi connectivity index (χ3n) is 1.32. The van der Waals surface area contributed by atoms with Crippen LogP contribution in [0.1, 0.15) is 13.8 Å². The quantitative estimate of drug-likeness (QED) is 0.638. The Labute approximate surface area is 85.9 Å². The Bertz CT molecular complexity index is 273. The number of anilines is 1. The third kappa shape index (κ3) is 2.72. The predicted molar refractivity (Wildman–Crippen MR) is 59.5 cm³/mol. The minimum absolute atomic E-state index is 0.602. The fraction of sp³-hybridized carbons (Fsp3) is 0.333. The van der Waals surface area contributed by atoms with Crippen LogP contribution in [0.4, 0.5) is 5.69 Å². The lowest BCUT2D eigenvalue weighted by Crippen LogP contribution is -1.89. The minimum Gasteiger partial charge on any atom is -0.399 e. The molecule has 0 radical (unpaired) electrons. The second-order valence-electron chi connectivity index (χ2n) is 2.86. The lowest BCUT2D eigenvalue weighted by atomic mass is 10.3. The van der Waals surface area contributed by atoms with Crippen LogP contribution in [0.3, 0.4) is 0 Å². The number of thioether (sulfide) groups is 1. The molecule has 1 rings (SSSR count). The summed E-state index contributed by atoms with van der Waals surface area (Å²) in [5.74, 6) is 0. The van der Waals surface area contributed by atoms with E-state index in [1.165, 1.54) is 4.90 Å². The molecule has 1 aromatic rings. The second kappa shape index (κ2) is 4.19. The van der Waals surface area contributed by atoms with Crippen LogP contribution < -0.4 is 5.73 Å². The summed E-state index contributed by atoms with van der Waals surface area (Å²) in [5.41, 5.74) is 6.42. The van der Waals surface area contributed by atoms with Gasteiger partial charge in [0.05, 0.1) is 0 Å². The van der Waals surface area contributed by atoms with Crippen molar-refractivity contribution in [2.45, 2.75) is 24.0 Å². The van der Waals surface area contributed by atoms with Gasteiger partial charge in [0.15, 0.2) is 0 Å². The van der Waals surface area contributed by atoms with E-state index < -0.39 is 0 Å².